The Bertz CT molecular complexity index is 392. The summed E-state index contributed by atoms with van der Waals surface area (Å²) < 4.78 is 25.3. The molecule has 86 valence electrons. The molecule has 0 unspecified atom stereocenters. The molecule has 0 saturated carbocycles. The predicted molar refractivity (Wildman–Crippen MR) is 50.9 cm³/mol. The standard InChI is InChI=1S/C10H9F2NO3/c11-10(12,9(15)16)8(14)13-6-7-4-2-1-3-5-7/h1-5H,6H2,(H,13,14)(H,15,16). The van der Waals surface area contributed by atoms with Gasteiger partial charge in [-0.1, -0.05) is 30.3 Å². The second-order valence-corrected chi connectivity index (χ2v) is 3.05. The van der Waals surface area contributed by atoms with Crippen LogP contribution < -0.4 is 5.32 Å². The monoisotopic (exact) mass is 229 g/mol. The first-order chi connectivity index (χ1) is 7.44. The molecule has 0 aliphatic rings. The molecule has 0 aromatic heterocycles. The Morgan fingerprint density at radius 2 is 1.81 bits per heavy atom. The zero-order valence-corrected chi connectivity index (χ0v) is 8.11. The molecule has 4 nitrogen and oxygen atoms in total. The van der Waals surface area contributed by atoms with E-state index >= 15 is 0 Å². The molecule has 0 radical (unpaired) electrons. The zero-order chi connectivity index (χ0) is 12.2. The van der Waals surface area contributed by atoms with E-state index in [0.29, 0.717) is 5.56 Å². The maximum Gasteiger partial charge on any atom is 0.418 e. The van der Waals surface area contributed by atoms with E-state index in [4.69, 9.17) is 5.11 Å². The number of hydrogen-bond donors (Lipinski definition) is 2. The quantitative estimate of drug-likeness (QED) is 0.757. The predicted octanol–water partition coefficient (Wildman–Crippen LogP) is 1.02. The van der Waals surface area contributed by atoms with Crippen molar-refractivity contribution in [1.82, 2.24) is 5.32 Å². The highest BCUT2D eigenvalue weighted by Gasteiger charge is 2.47. The molecule has 2 N–H and O–H groups in total. The first-order valence-electron chi connectivity index (χ1n) is 4.38. The van der Waals surface area contributed by atoms with Crippen LogP contribution in [0.15, 0.2) is 30.3 Å². The second kappa shape index (κ2) is 4.69. The smallest absolute Gasteiger partial charge is 0.418 e. The van der Waals surface area contributed by atoms with Crippen molar-refractivity contribution in [2.45, 2.75) is 12.5 Å². The van der Waals surface area contributed by atoms with Gasteiger partial charge < -0.3 is 10.4 Å². The molecule has 0 aliphatic heterocycles. The first kappa shape index (κ1) is 12.1. The van der Waals surface area contributed by atoms with Gasteiger partial charge in [-0.25, -0.2) is 4.79 Å². The molecule has 1 aromatic carbocycles. The van der Waals surface area contributed by atoms with Crippen molar-refractivity contribution < 1.29 is 23.5 Å². The number of halogens is 2. The van der Waals surface area contributed by atoms with Gasteiger partial charge in [-0.15, -0.1) is 0 Å². The fourth-order valence-electron chi connectivity index (χ4n) is 0.986. The molecule has 6 heteroatoms. The zero-order valence-electron chi connectivity index (χ0n) is 8.11. The fourth-order valence-corrected chi connectivity index (χ4v) is 0.986. The molecule has 0 saturated heterocycles. The van der Waals surface area contributed by atoms with Crippen molar-refractivity contribution in [1.29, 1.82) is 0 Å². The number of carbonyl (C=O) groups is 2. The third-order valence-electron chi connectivity index (χ3n) is 1.85. The number of nitrogens with one attached hydrogen (secondary N) is 1. The minimum atomic E-state index is -4.39. The summed E-state index contributed by atoms with van der Waals surface area (Å²) >= 11 is 0. The Hall–Kier alpha value is -1.98. The van der Waals surface area contributed by atoms with Gasteiger partial charge in [-0.05, 0) is 5.56 Å². The summed E-state index contributed by atoms with van der Waals surface area (Å²) in [6, 6.07) is 8.34. The lowest BCUT2D eigenvalue weighted by Gasteiger charge is -2.11. The maximum atomic E-state index is 12.6. The Labute approximate surface area is 89.9 Å². The Kier molecular flexibility index (Phi) is 3.55. The molecule has 1 aromatic rings. The van der Waals surface area contributed by atoms with Crippen LogP contribution in [0.1, 0.15) is 5.56 Å². The number of carboxylic acids is 1. The summed E-state index contributed by atoms with van der Waals surface area (Å²) in [5, 5.41) is 9.95. The van der Waals surface area contributed by atoms with Gasteiger partial charge in [0, 0.05) is 6.54 Å². The molecular weight excluding hydrogens is 220 g/mol. The third-order valence-corrected chi connectivity index (χ3v) is 1.85. The van der Waals surface area contributed by atoms with Gasteiger partial charge >= 0.3 is 17.8 Å². The lowest BCUT2D eigenvalue weighted by Crippen LogP contribution is -2.45. The summed E-state index contributed by atoms with van der Waals surface area (Å²) in [6.45, 7) is -0.136. The van der Waals surface area contributed by atoms with Gasteiger partial charge in [0.15, 0.2) is 0 Å². The topological polar surface area (TPSA) is 66.4 Å². The molecule has 16 heavy (non-hydrogen) atoms. The first-order valence-corrected chi connectivity index (χ1v) is 4.38. The fraction of sp³-hybridized carbons (Fsp3) is 0.200. The van der Waals surface area contributed by atoms with E-state index in [2.05, 4.69) is 0 Å². The van der Waals surface area contributed by atoms with E-state index in [9.17, 15) is 18.4 Å². The van der Waals surface area contributed by atoms with Crippen LogP contribution in [0.2, 0.25) is 0 Å². The maximum absolute atomic E-state index is 12.6. The summed E-state index contributed by atoms with van der Waals surface area (Å²) in [5.41, 5.74) is 0.608. The van der Waals surface area contributed by atoms with Crippen molar-refractivity contribution in [3.63, 3.8) is 0 Å². The van der Waals surface area contributed by atoms with E-state index < -0.39 is 17.8 Å². The lowest BCUT2D eigenvalue weighted by molar-refractivity contribution is -0.172. The van der Waals surface area contributed by atoms with Crippen LogP contribution in [-0.2, 0) is 16.1 Å². The highest BCUT2D eigenvalue weighted by Crippen LogP contribution is 2.13. The molecule has 0 bridgehead atoms. The van der Waals surface area contributed by atoms with Gasteiger partial charge in [-0.2, -0.15) is 8.78 Å². The minimum absolute atomic E-state index is 0.136. The minimum Gasteiger partial charge on any atom is -0.476 e. The van der Waals surface area contributed by atoms with Gasteiger partial charge in [0.1, 0.15) is 0 Å². The van der Waals surface area contributed by atoms with Crippen LogP contribution in [0.25, 0.3) is 0 Å². The van der Waals surface area contributed by atoms with Crippen LogP contribution in [0.3, 0.4) is 0 Å². The van der Waals surface area contributed by atoms with Crippen LogP contribution in [0.5, 0.6) is 0 Å². The number of rotatable bonds is 4. The number of aliphatic carboxylic acids is 1. The summed E-state index contributed by atoms with van der Waals surface area (Å²) in [5.74, 6) is -8.67. The summed E-state index contributed by atoms with van der Waals surface area (Å²) in [6.07, 6.45) is 0. The highest BCUT2D eigenvalue weighted by molar-refractivity contribution is 6.03. The molecule has 1 amide bonds. The average molecular weight is 229 g/mol. The average Bonchev–Trinajstić information content (AvgIpc) is 2.27. The SMILES string of the molecule is O=C(O)C(F)(F)C(=O)NCc1ccccc1. The number of carbonyl (C=O) groups excluding carboxylic acids is 1. The van der Waals surface area contributed by atoms with Crippen LogP contribution >= 0.6 is 0 Å². The number of hydrogen-bond acceptors (Lipinski definition) is 2. The number of carboxylic acid groups (broad SMARTS) is 1. The lowest BCUT2D eigenvalue weighted by atomic mass is 10.2. The van der Waals surface area contributed by atoms with E-state index in [0.717, 1.165) is 0 Å². The van der Waals surface area contributed by atoms with Crippen molar-refractivity contribution in [3.8, 4) is 0 Å². The van der Waals surface area contributed by atoms with Gasteiger partial charge in [0.05, 0.1) is 0 Å². The Balaban J connectivity index is 2.57. The van der Waals surface area contributed by atoms with Crippen molar-refractivity contribution in [2.75, 3.05) is 0 Å². The molecule has 0 atom stereocenters. The van der Waals surface area contributed by atoms with Crippen LogP contribution in [0.4, 0.5) is 8.78 Å². The molecular formula is C10H9F2NO3. The Morgan fingerprint density at radius 3 is 2.31 bits per heavy atom. The van der Waals surface area contributed by atoms with E-state index in [1.54, 1.807) is 30.3 Å². The van der Waals surface area contributed by atoms with Crippen molar-refractivity contribution in [2.24, 2.45) is 0 Å². The van der Waals surface area contributed by atoms with Gasteiger partial charge in [-0.3, -0.25) is 4.79 Å². The second-order valence-electron chi connectivity index (χ2n) is 3.05. The number of alkyl halides is 2. The number of amides is 1. The van der Waals surface area contributed by atoms with Gasteiger partial charge in [0.25, 0.3) is 0 Å². The third kappa shape index (κ3) is 2.75. The molecule has 0 fully saturated rings. The molecule has 1 rings (SSSR count). The largest absolute Gasteiger partial charge is 0.476 e. The highest BCUT2D eigenvalue weighted by atomic mass is 19.3. The Morgan fingerprint density at radius 1 is 1.25 bits per heavy atom. The molecule has 0 aliphatic carbocycles. The van der Waals surface area contributed by atoms with Crippen molar-refractivity contribution >= 4 is 11.9 Å². The normalized spacial score (nSPS) is 10.9. The van der Waals surface area contributed by atoms with E-state index in [-0.39, 0.29) is 6.54 Å². The van der Waals surface area contributed by atoms with E-state index in [1.165, 1.54) is 0 Å². The summed E-state index contributed by atoms with van der Waals surface area (Å²) in [7, 11) is 0. The van der Waals surface area contributed by atoms with E-state index in [1.807, 2.05) is 5.32 Å². The van der Waals surface area contributed by atoms with Crippen LogP contribution in [-0.4, -0.2) is 22.9 Å². The summed E-state index contributed by atoms with van der Waals surface area (Å²) in [4.78, 5) is 20.9. The number of benzene rings is 1. The van der Waals surface area contributed by atoms with Crippen LogP contribution in [0, 0.1) is 0 Å². The van der Waals surface area contributed by atoms with Gasteiger partial charge in [0.2, 0.25) is 0 Å². The molecule has 0 heterocycles. The molecule has 0 spiro atoms. The van der Waals surface area contributed by atoms with Crippen molar-refractivity contribution in [3.05, 3.63) is 35.9 Å².